The number of H-pyrrole nitrogens is 1. The van der Waals surface area contributed by atoms with Gasteiger partial charge in [0.2, 0.25) is 0 Å². The van der Waals surface area contributed by atoms with E-state index in [1.54, 1.807) is 25.1 Å². The zero-order valence-electron chi connectivity index (χ0n) is 12.9. The van der Waals surface area contributed by atoms with E-state index < -0.39 is 5.97 Å². The summed E-state index contributed by atoms with van der Waals surface area (Å²) in [5.41, 5.74) is 7.48. The zero-order valence-corrected chi connectivity index (χ0v) is 12.9. The Morgan fingerprint density at radius 2 is 1.71 bits per heavy atom. The van der Waals surface area contributed by atoms with Gasteiger partial charge >= 0.3 is 5.97 Å². The molecule has 0 unspecified atom stereocenters. The molecule has 0 amide bonds. The van der Waals surface area contributed by atoms with E-state index in [0.29, 0.717) is 22.8 Å². The third-order valence-corrected chi connectivity index (χ3v) is 3.57. The third-order valence-electron chi connectivity index (χ3n) is 3.57. The molecular formula is C17H16N4O3. The van der Waals surface area contributed by atoms with Crippen LogP contribution in [0.1, 0.15) is 16.1 Å². The molecule has 122 valence electrons. The van der Waals surface area contributed by atoms with Gasteiger partial charge in [-0.3, -0.25) is 20.7 Å². The van der Waals surface area contributed by atoms with Gasteiger partial charge in [0.1, 0.15) is 5.69 Å². The van der Waals surface area contributed by atoms with E-state index in [0.717, 1.165) is 0 Å². The molecule has 0 atom stereocenters. The predicted octanol–water partition coefficient (Wildman–Crippen LogP) is 2.61. The lowest BCUT2D eigenvalue weighted by atomic mass is 10.2. The number of carbonyl (C=O) groups is 1. The summed E-state index contributed by atoms with van der Waals surface area (Å²) in [7, 11) is 0. The van der Waals surface area contributed by atoms with Crippen molar-refractivity contribution in [2.45, 2.75) is 6.92 Å². The second-order valence-electron chi connectivity index (χ2n) is 5.19. The highest BCUT2D eigenvalue weighted by Crippen LogP contribution is 2.16. The van der Waals surface area contributed by atoms with Crippen LogP contribution in [0.3, 0.4) is 0 Å². The number of carboxylic acid groups (broad SMARTS) is 1. The first kappa shape index (κ1) is 15.4. The van der Waals surface area contributed by atoms with Crippen LogP contribution in [0.5, 0.6) is 0 Å². The van der Waals surface area contributed by atoms with Gasteiger partial charge in [0.05, 0.1) is 22.6 Å². The molecule has 24 heavy (non-hydrogen) atoms. The monoisotopic (exact) mass is 324 g/mol. The minimum absolute atomic E-state index is 0.113. The number of benzene rings is 2. The second kappa shape index (κ2) is 6.33. The molecule has 1 aromatic heterocycles. The Morgan fingerprint density at radius 3 is 2.42 bits per heavy atom. The molecule has 7 nitrogen and oxygen atoms in total. The number of hydrazine groups is 1. The summed E-state index contributed by atoms with van der Waals surface area (Å²) in [6.45, 7) is 1.76. The number of para-hydroxylation sites is 2. The number of aryl methyl sites for hydroxylation is 1. The SMILES string of the molecule is Cc1[nH]n(-c2ccccc2)c(=O)c1NNc1ccccc1C(=O)O. The minimum atomic E-state index is -1.05. The van der Waals surface area contributed by atoms with Gasteiger partial charge in [0.25, 0.3) is 5.56 Å². The van der Waals surface area contributed by atoms with Crippen molar-refractivity contribution in [2.75, 3.05) is 10.9 Å². The van der Waals surface area contributed by atoms with Crippen molar-refractivity contribution >= 4 is 17.3 Å². The van der Waals surface area contributed by atoms with Crippen LogP contribution in [0.15, 0.2) is 59.4 Å². The Balaban J connectivity index is 1.89. The number of nitrogens with zero attached hydrogens (tertiary/aromatic N) is 1. The van der Waals surface area contributed by atoms with Crippen LogP contribution in [-0.2, 0) is 0 Å². The third kappa shape index (κ3) is 2.87. The molecular weight excluding hydrogens is 308 g/mol. The van der Waals surface area contributed by atoms with Gasteiger partial charge < -0.3 is 5.11 Å². The van der Waals surface area contributed by atoms with E-state index in [1.807, 2.05) is 30.3 Å². The van der Waals surface area contributed by atoms with Gasteiger partial charge in [-0.15, -0.1) is 0 Å². The van der Waals surface area contributed by atoms with Crippen molar-refractivity contribution in [3.63, 3.8) is 0 Å². The fourth-order valence-corrected chi connectivity index (χ4v) is 2.36. The summed E-state index contributed by atoms with van der Waals surface area (Å²) in [6.07, 6.45) is 0. The van der Waals surface area contributed by atoms with Crippen LogP contribution in [0, 0.1) is 6.92 Å². The van der Waals surface area contributed by atoms with E-state index in [2.05, 4.69) is 16.0 Å². The second-order valence-corrected chi connectivity index (χ2v) is 5.19. The number of hydrogen-bond donors (Lipinski definition) is 4. The van der Waals surface area contributed by atoms with Crippen molar-refractivity contribution in [1.82, 2.24) is 9.78 Å². The standard InChI is InChI=1S/C17H16N4O3/c1-11-15(16(22)21(20-11)12-7-3-2-4-8-12)19-18-14-10-6-5-9-13(14)17(23)24/h2-10,18-20H,1H3,(H,23,24). The number of hydrogen-bond acceptors (Lipinski definition) is 4. The summed E-state index contributed by atoms with van der Waals surface area (Å²) < 4.78 is 1.42. The number of aromatic carboxylic acids is 1. The first-order chi connectivity index (χ1) is 11.6. The highest BCUT2D eigenvalue weighted by molar-refractivity contribution is 5.94. The molecule has 0 saturated carbocycles. The summed E-state index contributed by atoms with van der Waals surface area (Å²) in [6, 6.07) is 15.6. The Morgan fingerprint density at radius 1 is 1.04 bits per heavy atom. The van der Waals surface area contributed by atoms with Crippen LogP contribution < -0.4 is 16.4 Å². The van der Waals surface area contributed by atoms with Crippen LogP contribution in [-0.4, -0.2) is 20.9 Å². The topological polar surface area (TPSA) is 99.2 Å². The number of rotatable bonds is 5. The first-order valence-electron chi connectivity index (χ1n) is 7.29. The Labute approximate surface area is 137 Å². The van der Waals surface area contributed by atoms with Crippen LogP contribution in [0.25, 0.3) is 5.69 Å². The van der Waals surface area contributed by atoms with Crippen molar-refractivity contribution < 1.29 is 9.90 Å². The summed E-state index contributed by atoms with van der Waals surface area (Å²) in [5.74, 6) is -1.05. The number of anilines is 2. The van der Waals surface area contributed by atoms with E-state index >= 15 is 0 Å². The smallest absolute Gasteiger partial charge is 0.337 e. The summed E-state index contributed by atoms with van der Waals surface area (Å²) >= 11 is 0. The van der Waals surface area contributed by atoms with E-state index in [9.17, 15) is 14.7 Å². The molecule has 0 aliphatic carbocycles. The fourth-order valence-electron chi connectivity index (χ4n) is 2.36. The average Bonchev–Trinajstić information content (AvgIpc) is 2.88. The Bertz CT molecular complexity index is 929. The van der Waals surface area contributed by atoms with Gasteiger partial charge in [-0.05, 0) is 31.2 Å². The van der Waals surface area contributed by atoms with Crippen molar-refractivity contribution in [1.29, 1.82) is 0 Å². The molecule has 4 N–H and O–H groups in total. The van der Waals surface area contributed by atoms with Crippen LogP contribution >= 0.6 is 0 Å². The number of aromatic nitrogens is 2. The van der Waals surface area contributed by atoms with Crippen molar-refractivity contribution in [3.05, 3.63) is 76.2 Å². The van der Waals surface area contributed by atoms with Gasteiger partial charge in [-0.1, -0.05) is 30.3 Å². The quantitative estimate of drug-likeness (QED) is 0.541. The molecule has 1 heterocycles. The molecule has 0 radical (unpaired) electrons. The van der Waals surface area contributed by atoms with Gasteiger partial charge in [0.15, 0.2) is 0 Å². The Hall–Kier alpha value is -3.48. The molecule has 7 heteroatoms. The molecule has 0 bridgehead atoms. The lowest BCUT2D eigenvalue weighted by Gasteiger charge is -2.10. The lowest BCUT2D eigenvalue weighted by molar-refractivity contribution is 0.0698. The molecule has 3 rings (SSSR count). The number of carboxylic acids is 1. The molecule has 0 fully saturated rings. The lowest BCUT2D eigenvalue weighted by Crippen LogP contribution is -2.21. The normalized spacial score (nSPS) is 10.4. The van der Waals surface area contributed by atoms with E-state index in [-0.39, 0.29) is 11.1 Å². The number of aromatic amines is 1. The highest BCUT2D eigenvalue weighted by atomic mass is 16.4. The minimum Gasteiger partial charge on any atom is -0.478 e. The van der Waals surface area contributed by atoms with Gasteiger partial charge in [-0.25, -0.2) is 9.48 Å². The fraction of sp³-hybridized carbons (Fsp3) is 0.0588. The van der Waals surface area contributed by atoms with E-state index in [1.165, 1.54) is 10.7 Å². The first-order valence-corrected chi connectivity index (χ1v) is 7.29. The van der Waals surface area contributed by atoms with Gasteiger partial charge in [-0.2, -0.15) is 0 Å². The largest absolute Gasteiger partial charge is 0.478 e. The van der Waals surface area contributed by atoms with E-state index in [4.69, 9.17) is 0 Å². The summed E-state index contributed by atoms with van der Waals surface area (Å²) in [4.78, 5) is 23.8. The molecule has 2 aromatic carbocycles. The maximum absolute atomic E-state index is 12.5. The van der Waals surface area contributed by atoms with Crippen LogP contribution in [0.2, 0.25) is 0 Å². The molecule has 0 aliphatic rings. The molecule has 0 spiro atoms. The number of nitrogens with one attached hydrogen (secondary N) is 3. The van der Waals surface area contributed by atoms with Crippen molar-refractivity contribution in [2.24, 2.45) is 0 Å². The maximum atomic E-state index is 12.5. The molecule has 0 saturated heterocycles. The predicted molar refractivity (Wildman–Crippen MR) is 91.8 cm³/mol. The highest BCUT2D eigenvalue weighted by Gasteiger charge is 2.13. The Kier molecular flexibility index (Phi) is 4.07. The zero-order chi connectivity index (χ0) is 17.1. The van der Waals surface area contributed by atoms with Crippen LogP contribution in [0.4, 0.5) is 11.4 Å². The average molecular weight is 324 g/mol. The van der Waals surface area contributed by atoms with Crippen molar-refractivity contribution in [3.8, 4) is 5.69 Å². The summed E-state index contributed by atoms with van der Waals surface area (Å²) in [5, 5.41) is 12.2. The molecule has 0 aliphatic heterocycles. The molecule has 3 aromatic rings. The maximum Gasteiger partial charge on any atom is 0.337 e. The van der Waals surface area contributed by atoms with Gasteiger partial charge in [0, 0.05) is 0 Å².